The third-order valence-electron chi connectivity index (χ3n) is 2.90. The molecule has 0 aromatic carbocycles. The van der Waals surface area contributed by atoms with Crippen LogP contribution in [0.5, 0.6) is 0 Å². The molecule has 90 valence electrons. The van der Waals surface area contributed by atoms with Crippen molar-refractivity contribution in [2.45, 2.75) is 31.9 Å². The average Bonchev–Trinajstić information content (AvgIpc) is 2.85. The summed E-state index contributed by atoms with van der Waals surface area (Å²) in [6.45, 7) is 5.71. The highest BCUT2D eigenvalue weighted by molar-refractivity contribution is 7.09. The molecule has 1 aromatic rings. The number of aromatic nitrogens is 1. The van der Waals surface area contributed by atoms with Crippen LogP contribution in [-0.2, 0) is 4.74 Å². The third-order valence-corrected chi connectivity index (χ3v) is 3.69. The van der Waals surface area contributed by atoms with Crippen LogP contribution in [0.2, 0.25) is 0 Å². The van der Waals surface area contributed by atoms with Crippen molar-refractivity contribution in [3.63, 3.8) is 0 Å². The SMILES string of the molecule is Cc1nc(C(C)NCC2(O)CCOC2)cs1. The van der Waals surface area contributed by atoms with E-state index in [-0.39, 0.29) is 6.04 Å². The molecular weight excluding hydrogens is 224 g/mol. The van der Waals surface area contributed by atoms with E-state index in [9.17, 15) is 5.11 Å². The highest BCUT2D eigenvalue weighted by Gasteiger charge is 2.32. The molecule has 2 heterocycles. The predicted molar refractivity (Wildman–Crippen MR) is 63.7 cm³/mol. The molecule has 2 unspecified atom stereocenters. The number of hydrogen-bond acceptors (Lipinski definition) is 5. The first-order chi connectivity index (χ1) is 7.59. The normalized spacial score (nSPS) is 27.2. The molecular formula is C11H18N2O2S. The van der Waals surface area contributed by atoms with Gasteiger partial charge in [0.15, 0.2) is 0 Å². The van der Waals surface area contributed by atoms with E-state index in [0.717, 1.165) is 10.7 Å². The summed E-state index contributed by atoms with van der Waals surface area (Å²) in [5.41, 5.74) is 0.351. The maximum absolute atomic E-state index is 10.1. The Morgan fingerprint density at radius 3 is 3.12 bits per heavy atom. The van der Waals surface area contributed by atoms with E-state index in [2.05, 4.69) is 22.6 Å². The Bertz CT molecular complexity index is 348. The van der Waals surface area contributed by atoms with Gasteiger partial charge in [0.25, 0.3) is 0 Å². The van der Waals surface area contributed by atoms with Gasteiger partial charge in [0, 0.05) is 31.0 Å². The average molecular weight is 242 g/mol. The summed E-state index contributed by atoms with van der Waals surface area (Å²) < 4.78 is 5.20. The van der Waals surface area contributed by atoms with Crippen molar-refractivity contribution in [3.05, 3.63) is 16.1 Å². The quantitative estimate of drug-likeness (QED) is 0.834. The lowest BCUT2D eigenvalue weighted by Gasteiger charge is -2.23. The largest absolute Gasteiger partial charge is 0.386 e. The molecule has 0 saturated carbocycles. The lowest BCUT2D eigenvalue weighted by molar-refractivity contribution is 0.0251. The van der Waals surface area contributed by atoms with Crippen LogP contribution >= 0.6 is 11.3 Å². The fourth-order valence-corrected chi connectivity index (χ4v) is 2.47. The van der Waals surface area contributed by atoms with Gasteiger partial charge in [-0.25, -0.2) is 4.98 Å². The second kappa shape index (κ2) is 4.79. The van der Waals surface area contributed by atoms with Crippen molar-refractivity contribution in [3.8, 4) is 0 Å². The van der Waals surface area contributed by atoms with Gasteiger partial charge >= 0.3 is 0 Å². The molecule has 2 atom stereocenters. The molecule has 0 spiro atoms. The second-order valence-corrected chi connectivity index (χ2v) is 5.48. The van der Waals surface area contributed by atoms with Gasteiger partial charge in [-0.15, -0.1) is 11.3 Å². The summed E-state index contributed by atoms with van der Waals surface area (Å²) in [7, 11) is 0. The van der Waals surface area contributed by atoms with Crippen molar-refractivity contribution in [2.24, 2.45) is 0 Å². The summed E-state index contributed by atoms with van der Waals surface area (Å²) in [6.07, 6.45) is 0.711. The van der Waals surface area contributed by atoms with Crippen molar-refractivity contribution in [2.75, 3.05) is 19.8 Å². The molecule has 1 aromatic heterocycles. The van der Waals surface area contributed by atoms with Gasteiger partial charge in [-0.05, 0) is 13.8 Å². The number of aryl methyl sites for hydroxylation is 1. The standard InChI is InChI=1S/C11H18N2O2S/c1-8(10-5-16-9(2)13-10)12-6-11(14)3-4-15-7-11/h5,8,12,14H,3-4,6-7H2,1-2H3. The van der Waals surface area contributed by atoms with Gasteiger partial charge in [-0.3, -0.25) is 0 Å². The smallest absolute Gasteiger partial charge is 0.103 e. The number of thiazole rings is 1. The van der Waals surface area contributed by atoms with Crippen LogP contribution in [0.25, 0.3) is 0 Å². The fourth-order valence-electron chi connectivity index (χ4n) is 1.76. The predicted octanol–water partition coefficient (Wildman–Crippen LogP) is 1.25. The molecule has 4 nitrogen and oxygen atoms in total. The fraction of sp³-hybridized carbons (Fsp3) is 0.727. The summed E-state index contributed by atoms with van der Waals surface area (Å²) in [6, 6.07) is 0.176. The topological polar surface area (TPSA) is 54.4 Å². The van der Waals surface area contributed by atoms with Crippen molar-refractivity contribution < 1.29 is 9.84 Å². The number of nitrogens with one attached hydrogen (secondary N) is 1. The molecule has 0 aliphatic carbocycles. The Labute approximate surface area is 99.7 Å². The van der Waals surface area contributed by atoms with Crippen LogP contribution in [0.15, 0.2) is 5.38 Å². The van der Waals surface area contributed by atoms with Crippen molar-refractivity contribution in [1.82, 2.24) is 10.3 Å². The van der Waals surface area contributed by atoms with Crippen molar-refractivity contribution >= 4 is 11.3 Å². The molecule has 2 N–H and O–H groups in total. The zero-order valence-electron chi connectivity index (χ0n) is 9.69. The number of aliphatic hydroxyl groups is 1. The van der Waals surface area contributed by atoms with E-state index in [1.165, 1.54) is 0 Å². The molecule has 0 amide bonds. The first-order valence-electron chi connectivity index (χ1n) is 5.55. The molecule has 16 heavy (non-hydrogen) atoms. The van der Waals surface area contributed by atoms with E-state index in [1.54, 1.807) is 11.3 Å². The Kier molecular flexibility index (Phi) is 3.59. The van der Waals surface area contributed by atoms with Crippen LogP contribution in [-0.4, -0.2) is 35.5 Å². The lowest BCUT2D eigenvalue weighted by atomic mass is 10.0. The highest BCUT2D eigenvalue weighted by atomic mass is 32.1. The van der Waals surface area contributed by atoms with Gasteiger partial charge in [0.1, 0.15) is 5.60 Å². The minimum atomic E-state index is -0.695. The first-order valence-corrected chi connectivity index (χ1v) is 6.43. The molecule has 0 bridgehead atoms. The number of rotatable bonds is 4. The number of hydrogen-bond donors (Lipinski definition) is 2. The van der Waals surface area contributed by atoms with Crippen LogP contribution < -0.4 is 5.32 Å². The summed E-state index contributed by atoms with van der Waals surface area (Å²) in [5.74, 6) is 0. The van der Waals surface area contributed by atoms with Gasteiger partial charge in [0.2, 0.25) is 0 Å². The monoisotopic (exact) mass is 242 g/mol. The molecule has 1 saturated heterocycles. The Balaban J connectivity index is 1.86. The Hall–Kier alpha value is -0.490. The number of nitrogens with zero attached hydrogens (tertiary/aromatic N) is 1. The van der Waals surface area contributed by atoms with Crippen molar-refractivity contribution in [1.29, 1.82) is 0 Å². The van der Waals surface area contributed by atoms with E-state index < -0.39 is 5.60 Å². The summed E-state index contributed by atoms with van der Waals surface area (Å²) in [5, 5.41) is 16.5. The Morgan fingerprint density at radius 2 is 2.56 bits per heavy atom. The molecule has 1 aliphatic rings. The van der Waals surface area contributed by atoms with Crippen LogP contribution in [0, 0.1) is 6.92 Å². The molecule has 2 rings (SSSR count). The lowest BCUT2D eigenvalue weighted by Crippen LogP contribution is -2.41. The zero-order valence-corrected chi connectivity index (χ0v) is 10.5. The Morgan fingerprint density at radius 1 is 1.75 bits per heavy atom. The van der Waals surface area contributed by atoms with E-state index in [4.69, 9.17) is 4.74 Å². The van der Waals surface area contributed by atoms with Gasteiger partial charge < -0.3 is 15.2 Å². The van der Waals surface area contributed by atoms with Crippen LogP contribution in [0.4, 0.5) is 0 Å². The minimum absolute atomic E-state index is 0.176. The van der Waals surface area contributed by atoms with E-state index >= 15 is 0 Å². The molecule has 1 aliphatic heterocycles. The molecule has 0 radical (unpaired) electrons. The third kappa shape index (κ3) is 2.79. The maximum atomic E-state index is 10.1. The van der Waals surface area contributed by atoms with Gasteiger partial charge in [0.05, 0.1) is 17.3 Å². The summed E-state index contributed by atoms with van der Waals surface area (Å²) >= 11 is 1.65. The van der Waals surface area contributed by atoms with E-state index in [1.807, 2.05) is 6.92 Å². The van der Waals surface area contributed by atoms with Gasteiger partial charge in [-0.2, -0.15) is 0 Å². The van der Waals surface area contributed by atoms with E-state index in [0.29, 0.717) is 26.2 Å². The van der Waals surface area contributed by atoms with Gasteiger partial charge in [-0.1, -0.05) is 0 Å². The molecule has 5 heteroatoms. The maximum Gasteiger partial charge on any atom is 0.103 e. The van der Waals surface area contributed by atoms with Crippen LogP contribution in [0.1, 0.15) is 30.1 Å². The minimum Gasteiger partial charge on any atom is -0.386 e. The zero-order chi connectivity index (χ0) is 11.6. The highest BCUT2D eigenvalue weighted by Crippen LogP contribution is 2.20. The first kappa shape index (κ1) is 12.0. The van der Waals surface area contributed by atoms with Crippen LogP contribution in [0.3, 0.4) is 0 Å². The second-order valence-electron chi connectivity index (χ2n) is 4.42. The molecule has 1 fully saturated rings. The number of ether oxygens (including phenoxy) is 1. The summed E-state index contributed by atoms with van der Waals surface area (Å²) in [4.78, 5) is 4.42.